The molecule has 0 aromatic heterocycles. The van der Waals surface area contributed by atoms with Gasteiger partial charge in [-0.05, 0) is 96.3 Å². The van der Waals surface area contributed by atoms with E-state index < -0.39 is 24.3 Å². The van der Waals surface area contributed by atoms with E-state index in [9.17, 15) is 19.5 Å². The summed E-state index contributed by atoms with van der Waals surface area (Å²) in [6.07, 6.45) is 71.5. The zero-order valence-corrected chi connectivity index (χ0v) is 47.2. The van der Waals surface area contributed by atoms with Gasteiger partial charge in [0.2, 0.25) is 0 Å². The molecule has 0 spiro atoms. The summed E-state index contributed by atoms with van der Waals surface area (Å²) in [7, 11) is 5.91. The van der Waals surface area contributed by atoms with Gasteiger partial charge in [0.05, 0.1) is 40.3 Å². The summed E-state index contributed by atoms with van der Waals surface area (Å²) in [6, 6.07) is 0. The van der Waals surface area contributed by atoms with E-state index in [1.54, 1.807) is 0 Å². The van der Waals surface area contributed by atoms with Crippen molar-refractivity contribution in [1.29, 1.82) is 0 Å². The lowest BCUT2D eigenvalue weighted by Crippen LogP contribution is -2.44. The fourth-order valence-electron chi connectivity index (χ4n) is 7.55. The van der Waals surface area contributed by atoms with E-state index in [1.165, 1.54) is 70.6 Å². The van der Waals surface area contributed by atoms with Crippen molar-refractivity contribution in [3.8, 4) is 0 Å². The van der Waals surface area contributed by atoms with Crippen molar-refractivity contribution in [3.05, 3.63) is 109 Å². The maximum Gasteiger partial charge on any atom is 0.306 e. The average Bonchev–Trinajstić information content (AvgIpc) is 3.36. The highest BCUT2D eigenvalue weighted by Crippen LogP contribution is 2.15. The highest BCUT2D eigenvalue weighted by Gasteiger charge is 2.22. The van der Waals surface area contributed by atoms with Gasteiger partial charge in [0.25, 0.3) is 0 Å². The van der Waals surface area contributed by atoms with E-state index in [4.69, 9.17) is 18.9 Å². The standard InChI is InChI=1S/C64H107NO8/c1-6-8-10-12-14-16-18-20-21-22-23-24-25-26-27-28-29-30-31-32-33-34-35-36-37-38-39-40-41-43-45-47-49-51-53-55-62(67)73-60(59-72-64(63(68)69)70-57-56-65(3,4)5)58-71-61(66)54-52-50-48-46-44-42-19-17-15-13-11-9-7-2/h8,10-11,13-14,16-17,19-21,23-24,26-27,29-30,32-33,60,64H,6-7,9,12,15,18,22,25,28,31,34-59H2,1-5H3/b10-8-,13-11-,16-14-,19-17-,21-20-,24-23-,27-26-,30-29-,33-32-. The molecule has 0 heterocycles. The maximum atomic E-state index is 12.8. The molecule has 0 radical (unpaired) electrons. The first-order valence-corrected chi connectivity index (χ1v) is 29.0. The Kier molecular flexibility index (Phi) is 51.2. The van der Waals surface area contributed by atoms with Crippen LogP contribution in [0.3, 0.4) is 0 Å². The lowest BCUT2D eigenvalue weighted by atomic mass is 10.0. The fraction of sp³-hybridized carbons (Fsp3) is 0.672. The predicted octanol–water partition coefficient (Wildman–Crippen LogP) is 15.8. The first-order valence-electron chi connectivity index (χ1n) is 29.0. The number of carbonyl (C=O) groups excluding carboxylic acids is 3. The Morgan fingerprint density at radius 2 is 0.781 bits per heavy atom. The van der Waals surface area contributed by atoms with Crippen LogP contribution in [-0.2, 0) is 33.3 Å². The number of aliphatic carboxylic acids is 1. The quantitative estimate of drug-likeness (QED) is 0.0195. The van der Waals surface area contributed by atoms with E-state index >= 15 is 0 Å². The van der Waals surface area contributed by atoms with Crippen LogP contribution in [0.1, 0.15) is 219 Å². The SMILES string of the molecule is CC/C=C\C/C=C\C/C=C\C/C=C\C/C=C\C/C=C\C/C=C\CCCCCCCCCCCCCCCC(=O)OC(COC(=O)CCCCCCC/C=C\C/C=C\CCC)COC(OCC[N+](C)(C)C)C(=O)[O-]. The molecule has 9 heteroatoms. The zero-order valence-electron chi connectivity index (χ0n) is 47.2. The summed E-state index contributed by atoms with van der Waals surface area (Å²) in [5.41, 5.74) is 0. The van der Waals surface area contributed by atoms with Crippen molar-refractivity contribution in [2.45, 2.75) is 232 Å². The third-order valence-electron chi connectivity index (χ3n) is 12.0. The molecule has 0 amide bonds. The van der Waals surface area contributed by atoms with Gasteiger partial charge in [0.1, 0.15) is 13.2 Å². The minimum atomic E-state index is -1.63. The second-order valence-electron chi connectivity index (χ2n) is 20.2. The number of carboxylic acid groups (broad SMARTS) is 1. The topological polar surface area (TPSA) is 111 Å². The highest BCUT2D eigenvalue weighted by molar-refractivity contribution is 5.70. The van der Waals surface area contributed by atoms with E-state index in [0.29, 0.717) is 17.4 Å². The molecule has 0 aromatic carbocycles. The molecule has 0 saturated heterocycles. The highest BCUT2D eigenvalue weighted by atomic mass is 16.7. The van der Waals surface area contributed by atoms with Crippen LogP contribution in [0.5, 0.6) is 0 Å². The number of carbonyl (C=O) groups is 3. The summed E-state index contributed by atoms with van der Waals surface area (Å²) in [6.45, 7) is 4.54. The second kappa shape index (κ2) is 54.2. The molecule has 9 nitrogen and oxygen atoms in total. The van der Waals surface area contributed by atoms with Crippen LogP contribution in [0.2, 0.25) is 0 Å². The number of likely N-dealkylation sites (N-methyl/N-ethyl adjacent to an activating group) is 1. The van der Waals surface area contributed by atoms with Crippen molar-refractivity contribution in [2.75, 3.05) is 47.5 Å². The molecule has 0 saturated carbocycles. The van der Waals surface area contributed by atoms with Crippen molar-refractivity contribution < 1.29 is 42.9 Å². The third-order valence-corrected chi connectivity index (χ3v) is 12.0. The molecule has 2 atom stereocenters. The molecule has 416 valence electrons. The molecule has 0 aliphatic carbocycles. The Bertz CT molecular complexity index is 1560. The van der Waals surface area contributed by atoms with Crippen LogP contribution in [0.25, 0.3) is 0 Å². The molecule has 0 rings (SSSR count). The van der Waals surface area contributed by atoms with Crippen LogP contribution in [0.15, 0.2) is 109 Å². The molecular weight excluding hydrogens is 911 g/mol. The van der Waals surface area contributed by atoms with Crippen molar-refractivity contribution in [2.24, 2.45) is 0 Å². The van der Waals surface area contributed by atoms with Crippen molar-refractivity contribution in [1.82, 2.24) is 0 Å². The van der Waals surface area contributed by atoms with Crippen LogP contribution >= 0.6 is 0 Å². The van der Waals surface area contributed by atoms with Crippen LogP contribution in [0, 0.1) is 0 Å². The molecule has 73 heavy (non-hydrogen) atoms. The first-order chi connectivity index (χ1) is 35.6. The summed E-state index contributed by atoms with van der Waals surface area (Å²) in [4.78, 5) is 37.2. The van der Waals surface area contributed by atoms with Gasteiger partial charge in [0.15, 0.2) is 12.4 Å². The molecule has 0 aromatic rings. The lowest BCUT2D eigenvalue weighted by Gasteiger charge is -2.26. The minimum Gasteiger partial charge on any atom is -0.545 e. The number of rotatable bonds is 52. The number of hydrogen-bond donors (Lipinski definition) is 0. The van der Waals surface area contributed by atoms with Crippen LogP contribution < -0.4 is 5.11 Å². The maximum absolute atomic E-state index is 12.8. The Hall–Kier alpha value is -4.05. The minimum absolute atomic E-state index is 0.141. The number of carboxylic acids is 1. The van der Waals surface area contributed by atoms with E-state index in [0.717, 1.165) is 116 Å². The molecular formula is C64H107NO8. The van der Waals surface area contributed by atoms with Gasteiger partial charge in [-0.15, -0.1) is 0 Å². The molecule has 0 bridgehead atoms. The monoisotopic (exact) mass is 1020 g/mol. The fourth-order valence-corrected chi connectivity index (χ4v) is 7.55. The van der Waals surface area contributed by atoms with Gasteiger partial charge >= 0.3 is 11.9 Å². The van der Waals surface area contributed by atoms with Crippen molar-refractivity contribution in [3.63, 3.8) is 0 Å². The lowest BCUT2D eigenvalue weighted by molar-refractivity contribution is -0.870. The average molecular weight is 1020 g/mol. The van der Waals surface area contributed by atoms with Gasteiger partial charge in [-0.3, -0.25) is 9.59 Å². The molecule has 0 fully saturated rings. The molecule has 0 aliphatic heterocycles. The molecule has 0 aliphatic rings. The smallest absolute Gasteiger partial charge is 0.306 e. The van der Waals surface area contributed by atoms with Crippen LogP contribution in [-0.4, -0.2) is 82.3 Å². The Morgan fingerprint density at radius 3 is 1.16 bits per heavy atom. The van der Waals surface area contributed by atoms with Gasteiger partial charge in [0, 0.05) is 12.8 Å². The largest absolute Gasteiger partial charge is 0.545 e. The van der Waals surface area contributed by atoms with Gasteiger partial charge in [-0.1, -0.05) is 220 Å². The number of unbranched alkanes of at least 4 members (excludes halogenated alkanes) is 19. The van der Waals surface area contributed by atoms with Gasteiger partial charge in [-0.2, -0.15) is 0 Å². The number of nitrogens with zero attached hydrogens (tertiary/aromatic N) is 1. The van der Waals surface area contributed by atoms with E-state index in [1.807, 2.05) is 21.1 Å². The summed E-state index contributed by atoms with van der Waals surface area (Å²) in [5.74, 6) is -2.31. The summed E-state index contributed by atoms with van der Waals surface area (Å²) < 4.78 is 22.6. The zero-order chi connectivity index (χ0) is 53.4. The van der Waals surface area contributed by atoms with Crippen molar-refractivity contribution >= 4 is 17.9 Å². The summed E-state index contributed by atoms with van der Waals surface area (Å²) >= 11 is 0. The summed E-state index contributed by atoms with van der Waals surface area (Å²) in [5, 5.41) is 11.8. The number of allylic oxidation sites excluding steroid dienone is 18. The number of hydrogen-bond acceptors (Lipinski definition) is 8. The number of esters is 2. The molecule has 2 unspecified atom stereocenters. The Balaban J connectivity index is 4.14. The normalized spacial score (nSPS) is 13.6. The van der Waals surface area contributed by atoms with Crippen LogP contribution in [0.4, 0.5) is 0 Å². The van der Waals surface area contributed by atoms with Gasteiger partial charge < -0.3 is 33.3 Å². The van der Waals surface area contributed by atoms with E-state index in [2.05, 4.69) is 123 Å². The van der Waals surface area contributed by atoms with Gasteiger partial charge in [-0.25, -0.2) is 0 Å². The Morgan fingerprint density at radius 1 is 0.425 bits per heavy atom. The second-order valence-corrected chi connectivity index (χ2v) is 20.2. The molecule has 0 N–H and O–H groups in total. The Labute approximate surface area is 447 Å². The first kappa shape index (κ1) is 69.0. The number of quaternary nitrogens is 1. The predicted molar refractivity (Wildman–Crippen MR) is 306 cm³/mol. The third kappa shape index (κ3) is 55.5. The van der Waals surface area contributed by atoms with E-state index in [-0.39, 0.29) is 38.6 Å². The number of ether oxygens (including phenoxy) is 4.